The van der Waals surface area contributed by atoms with E-state index in [1.54, 1.807) is 12.1 Å². The predicted octanol–water partition coefficient (Wildman–Crippen LogP) is 1.50. The first-order valence-corrected chi connectivity index (χ1v) is 7.90. The number of hydrogen-bond donors (Lipinski definition) is 1. The van der Waals surface area contributed by atoms with Gasteiger partial charge in [0.25, 0.3) is 5.91 Å². The Morgan fingerprint density at radius 2 is 2.17 bits per heavy atom. The Morgan fingerprint density at radius 1 is 1.26 bits per heavy atom. The van der Waals surface area contributed by atoms with Gasteiger partial charge in [-0.25, -0.2) is 9.67 Å². The summed E-state index contributed by atoms with van der Waals surface area (Å²) in [5.41, 5.74) is 0.194. The Bertz CT molecular complexity index is 768. The smallest absolute Gasteiger partial charge is 0.278 e. The second-order valence-corrected chi connectivity index (χ2v) is 5.74. The molecule has 3 rings (SSSR count). The molecule has 1 amide bonds. The maximum atomic E-state index is 12.1. The average Bonchev–Trinajstić information content (AvgIpc) is 3.25. The van der Waals surface area contributed by atoms with Crippen LogP contribution in [0, 0.1) is 0 Å². The topological polar surface area (TPSA) is 111 Å². The fraction of sp³-hybridized carbons (Fsp3) is 0.308. The Morgan fingerprint density at radius 3 is 2.87 bits per heavy atom. The zero-order valence-corrected chi connectivity index (χ0v) is 13.2. The standard InChI is InChI=1S/C13H14N8OS/c1-2-3-4-11-19-20-13(23-11)16-12(22)9-5-6-10(18-17-9)21-8-14-7-15-21/h5-8H,2-4H2,1H3,(H,16,20,22). The van der Waals surface area contributed by atoms with Gasteiger partial charge in [0, 0.05) is 6.42 Å². The predicted molar refractivity (Wildman–Crippen MR) is 83.4 cm³/mol. The summed E-state index contributed by atoms with van der Waals surface area (Å²) >= 11 is 1.37. The summed E-state index contributed by atoms with van der Waals surface area (Å²) in [6, 6.07) is 3.21. The number of nitrogens with zero attached hydrogens (tertiary/aromatic N) is 7. The number of nitrogens with one attached hydrogen (secondary N) is 1. The van der Waals surface area contributed by atoms with Crippen molar-refractivity contribution in [2.24, 2.45) is 0 Å². The van der Waals surface area contributed by atoms with Crippen molar-refractivity contribution >= 4 is 22.4 Å². The minimum atomic E-state index is -0.374. The van der Waals surface area contributed by atoms with E-state index in [1.165, 1.54) is 28.7 Å². The van der Waals surface area contributed by atoms with Gasteiger partial charge in [0.2, 0.25) is 5.13 Å². The van der Waals surface area contributed by atoms with E-state index < -0.39 is 0 Å². The summed E-state index contributed by atoms with van der Waals surface area (Å²) in [4.78, 5) is 16.0. The van der Waals surface area contributed by atoms with Gasteiger partial charge in [-0.1, -0.05) is 24.7 Å². The van der Waals surface area contributed by atoms with Crippen molar-refractivity contribution in [1.82, 2.24) is 35.2 Å². The molecule has 3 aromatic heterocycles. The number of anilines is 1. The van der Waals surface area contributed by atoms with Gasteiger partial charge in [-0.15, -0.1) is 20.4 Å². The van der Waals surface area contributed by atoms with Crippen molar-refractivity contribution < 1.29 is 4.79 Å². The molecule has 3 heterocycles. The Balaban J connectivity index is 1.65. The summed E-state index contributed by atoms with van der Waals surface area (Å²) in [6.07, 6.45) is 5.92. The first kappa shape index (κ1) is 15.2. The summed E-state index contributed by atoms with van der Waals surface area (Å²) in [5, 5.41) is 23.8. The van der Waals surface area contributed by atoms with Gasteiger partial charge in [0.15, 0.2) is 11.5 Å². The molecule has 9 nitrogen and oxygen atoms in total. The van der Waals surface area contributed by atoms with Crippen molar-refractivity contribution in [2.75, 3.05) is 5.32 Å². The van der Waals surface area contributed by atoms with Gasteiger partial charge >= 0.3 is 0 Å². The van der Waals surface area contributed by atoms with E-state index in [0.29, 0.717) is 10.9 Å². The molecule has 0 saturated heterocycles. The van der Waals surface area contributed by atoms with Crippen LogP contribution in [-0.4, -0.2) is 41.1 Å². The average molecular weight is 330 g/mol. The lowest BCUT2D eigenvalue weighted by molar-refractivity contribution is 0.102. The zero-order valence-electron chi connectivity index (χ0n) is 12.4. The molecule has 0 saturated carbocycles. The molecule has 23 heavy (non-hydrogen) atoms. The van der Waals surface area contributed by atoms with E-state index in [-0.39, 0.29) is 11.6 Å². The van der Waals surface area contributed by atoms with Crippen LogP contribution >= 0.6 is 11.3 Å². The van der Waals surface area contributed by atoms with Crippen molar-refractivity contribution in [3.63, 3.8) is 0 Å². The SMILES string of the molecule is CCCCc1nnc(NC(=O)c2ccc(-n3cncn3)nn2)s1. The van der Waals surface area contributed by atoms with Crippen LogP contribution in [0.15, 0.2) is 24.8 Å². The maximum Gasteiger partial charge on any atom is 0.278 e. The number of aryl methyl sites for hydroxylation is 1. The zero-order chi connectivity index (χ0) is 16.1. The van der Waals surface area contributed by atoms with Crippen LogP contribution in [0.3, 0.4) is 0 Å². The molecule has 0 bridgehead atoms. The fourth-order valence-electron chi connectivity index (χ4n) is 1.79. The van der Waals surface area contributed by atoms with E-state index in [4.69, 9.17) is 0 Å². The lowest BCUT2D eigenvalue weighted by Gasteiger charge is -2.01. The molecule has 0 atom stereocenters. The van der Waals surface area contributed by atoms with Crippen molar-refractivity contribution in [3.05, 3.63) is 35.5 Å². The Labute approximate surface area is 135 Å². The summed E-state index contributed by atoms with van der Waals surface area (Å²) in [5.74, 6) is 0.109. The number of aromatic nitrogens is 7. The molecule has 0 aromatic carbocycles. The number of unbranched alkanes of at least 4 members (excludes halogenated alkanes) is 1. The van der Waals surface area contributed by atoms with Gasteiger partial charge in [-0.2, -0.15) is 5.10 Å². The van der Waals surface area contributed by atoms with Crippen molar-refractivity contribution in [1.29, 1.82) is 0 Å². The molecule has 0 radical (unpaired) electrons. The minimum absolute atomic E-state index is 0.194. The number of rotatable bonds is 6. The summed E-state index contributed by atoms with van der Waals surface area (Å²) in [7, 11) is 0. The monoisotopic (exact) mass is 330 g/mol. The van der Waals surface area contributed by atoms with E-state index >= 15 is 0 Å². The second kappa shape index (κ2) is 7.01. The molecular formula is C13H14N8OS. The number of amides is 1. The normalized spacial score (nSPS) is 10.7. The third-order valence-electron chi connectivity index (χ3n) is 2.97. The van der Waals surface area contributed by atoms with Crippen LogP contribution in [0.2, 0.25) is 0 Å². The van der Waals surface area contributed by atoms with E-state index in [0.717, 1.165) is 24.3 Å². The molecular weight excluding hydrogens is 316 g/mol. The Hall–Kier alpha value is -2.75. The van der Waals surface area contributed by atoms with Crippen LogP contribution in [-0.2, 0) is 6.42 Å². The quantitative estimate of drug-likeness (QED) is 0.729. The van der Waals surface area contributed by atoms with Gasteiger partial charge in [0.05, 0.1) is 0 Å². The van der Waals surface area contributed by atoms with Crippen LogP contribution in [0.4, 0.5) is 5.13 Å². The van der Waals surface area contributed by atoms with E-state index in [9.17, 15) is 4.79 Å². The first-order valence-electron chi connectivity index (χ1n) is 7.08. The minimum Gasteiger partial charge on any atom is -0.295 e. The highest BCUT2D eigenvalue weighted by atomic mass is 32.1. The highest BCUT2D eigenvalue weighted by Crippen LogP contribution is 2.17. The number of hydrogen-bond acceptors (Lipinski definition) is 8. The maximum absolute atomic E-state index is 12.1. The van der Waals surface area contributed by atoms with Gasteiger partial charge in [-0.3, -0.25) is 10.1 Å². The highest BCUT2D eigenvalue weighted by Gasteiger charge is 2.12. The third-order valence-corrected chi connectivity index (χ3v) is 3.87. The summed E-state index contributed by atoms with van der Waals surface area (Å²) < 4.78 is 1.46. The molecule has 0 aliphatic heterocycles. The first-order chi connectivity index (χ1) is 11.3. The van der Waals surface area contributed by atoms with Crippen LogP contribution in [0.5, 0.6) is 0 Å². The molecule has 0 unspecified atom stereocenters. The molecule has 0 spiro atoms. The molecule has 0 aliphatic rings. The fourth-order valence-corrected chi connectivity index (χ4v) is 2.57. The summed E-state index contributed by atoms with van der Waals surface area (Å²) in [6.45, 7) is 2.12. The molecule has 1 N–H and O–H groups in total. The van der Waals surface area contributed by atoms with Gasteiger partial charge < -0.3 is 0 Å². The Kier molecular flexibility index (Phi) is 4.62. The molecule has 3 aromatic rings. The van der Waals surface area contributed by atoms with Crippen LogP contribution in [0.25, 0.3) is 5.82 Å². The lowest BCUT2D eigenvalue weighted by atomic mass is 10.3. The largest absolute Gasteiger partial charge is 0.295 e. The van der Waals surface area contributed by atoms with Gasteiger partial charge in [0.1, 0.15) is 17.7 Å². The van der Waals surface area contributed by atoms with Crippen LogP contribution in [0.1, 0.15) is 35.3 Å². The highest BCUT2D eigenvalue weighted by molar-refractivity contribution is 7.15. The van der Waals surface area contributed by atoms with E-state index in [1.807, 2.05) is 0 Å². The molecule has 0 aliphatic carbocycles. The van der Waals surface area contributed by atoms with Crippen LogP contribution < -0.4 is 5.32 Å². The molecule has 0 fully saturated rings. The molecule has 118 valence electrons. The van der Waals surface area contributed by atoms with Crippen molar-refractivity contribution in [2.45, 2.75) is 26.2 Å². The van der Waals surface area contributed by atoms with E-state index in [2.05, 4.69) is 42.7 Å². The molecule has 10 heteroatoms. The second-order valence-electron chi connectivity index (χ2n) is 4.68. The third kappa shape index (κ3) is 3.72. The number of carbonyl (C=O) groups is 1. The number of carbonyl (C=O) groups excluding carboxylic acids is 1. The van der Waals surface area contributed by atoms with Crippen molar-refractivity contribution in [3.8, 4) is 5.82 Å². The van der Waals surface area contributed by atoms with Gasteiger partial charge in [-0.05, 0) is 18.6 Å². The lowest BCUT2D eigenvalue weighted by Crippen LogP contribution is -2.15.